The zero-order chi connectivity index (χ0) is 18.8. The third-order valence-electron chi connectivity index (χ3n) is 5.42. The minimum atomic E-state index is 0. The molecule has 0 bridgehead atoms. The lowest BCUT2D eigenvalue weighted by molar-refractivity contribution is -0.0104. The van der Waals surface area contributed by atoms with E-state index in [0.29, 0.717) is 0 Å². The second-order valence-electron chi connectivity index (χ2n) is 7.34. The van der Waals surface area contributed by atoms with Crippen molar-refractivity contribution in [2.24, 2.45) is 4.99 Å². The molecule has 1 atom stereocenters. The van der Waals surface area contributed by atoms with Gasteiger partial charge in [0.15, 0.2) is 5.96 Å². The number of nitrogens with zero attached hydrogens (tertiary/aromatic N) is 2. The molecule has 5 nitrogen and oxygen atoms in total. The van der Waals surface area contributed by atoms with Crippen LogP contribution in [0.25, 0.3) is 0 Å². The van der Waals surface area contributed by atoms with Gasteiger partial charge in [0.1, 0.15) is 0 Å². The Morgan fingerprint density at radius 2 is 2.00 bits per heavy atom. The highest BCUT2D eigenvalue weighted by molar-refractivity contribution is 14.0. The molecule has 0 amide bonds. The number of nitrogens with one attached hydrogen (secondary N) is 2. The zero-order valence-corrected chi connectivity index (χ0v) is 20.1. The molecule has 2 aliphatic heterocycles. The molecule has 0 spiro atoms. The van der Waals surface area contributed by atoms with Gasteiger partial charge in [-0.1, -0.05) is 30.3 Å². The highest BCUT2D eigenvalue weighted by Crippen LogP contribution is 2.34. The number of guanidine groups is 1. The molecule has 1 aromatic carbocycles. The highest BCUT2D eigenvalue weighted by atomic mass is 127. The summed E-state index contributed by atoms with van der Waals surface area (Å²) in [5.74, 6) is 3.38. The summed E-state index contributed by atoms with van der Waals surface area (Å²) < 4.78 is 5.56. The van der Waals surface area contributed by atoms with Crippen LogP contribution in [0.3, 0.4) is 0 Å². The maximum atomic E-state index is 5.56. The maximum absolute atomic E-state index is 5.56. The summed E-state index contributed by atoms with van der Waals surface area (Å²) in [6, 6.07) is 10.7. The van der Waals surface area contributed by atoms with Crippen molar-refractivity contribution >= 4 is 41.7 Å². The molecule has 2 fully saturated rings. The largest absolute Gasteiger partial charge is 0.379 e. The molecule has 1 unspecified atom stereocenters. The van der Waals surface area contributed by atoms with E-state index in [1.165, 1.54) is 23.5 Å². The van der Waals surface area contributed by atoms with E-state index in [0.717, 1.165) is 64.7 Å². The van der Waals surface area contributed by atoms with E-state index in [1.807, 2.05) is 0 Å². The van der Waals surface area contributed by atoms with Crippen molar-refractivity contribution in [2.45, 2.75) is 31.7 Å². The summed E-state index contributed by atoms with van der Waals surface area (Å²) in [4.78, 5) is 7.61. The minimum Gasteiger partial charge on any atom is -0.379 e. The summed E-state index contributed by atoms with van der Waals surface area (Å²) in [5.41, 5.74) is 1.61. The van der Waals surface area contributed by atoms with Crippen LogP contribution in [0.15, 0.2) is 35.3 Å². The first-order valence-electron chi connectivity index (χ1n) is 10.3. The topological polar surface area (TPSA) is 48.9 Å². The number of morpholine rings is 1. The Hall–Kier alpha value is -0.510. The monoisotopic (exact) mass is 518 g/mol. The Labute approximate surface area is 191 Å². The van der Waals surface area contributed by atoms with Gasteiger partial charge in [-0.2, -0.15) is 11.8 Å². The van der Waals surface area contributed by atoms with Crippen LogP contribution in [-0.4, -0.2) is 73.8 Å². The van der Waals surface area contributed by atoms with Crippen LogP contribution in [0.2, 0.25) is 0 Å². The summed E-state index contributed by atoms with van der Waals surface area (Å²) in [6.45, 7) is 8.62. The Bertz CT molecular complexity index is 575. The molecule has 28 heavy (non-hydrogen) atoms. The fourth-order valence-electron chi connectivity index (χ4n) is 3.82. The van der Waals surface area contributed by atoms with Gasteiger partial charge in [0, 0.05) is 31.9 Å². The summed E-state index contributed by atoms with van der Waals surface area (Å²) >= 11 is 2.07. The smallest absolute Gasteiger partial charge is 0.191 e. The lowest BCUT2D eigenvalue weighted by Gasteiger charge is -2.42. The van der Waals surface area contributed by atoms with E-state index >= 15 is 0 Å². The predicted molar refractivity (Wildman–Crippen MR) is 131 cm³/mol. The number of thioether (sulfide) groups is 1. The number of hydrogen-bond donors (Lipinski definition) is 2. The van der Waals surface area contributed by atoms with Crippen molar-refractivity contribution in [1.82, 2.24) is 15.5 Å². The van der Waals surface area contributed by atoms with E-state index < -0.39 is 0 Å². The molecule has 2 N–H and O–H groups in total. The van der Waals surface area contributed by atoms with E-state index in [2.05, 4.69) is 64.6 Å². The Morgan fingerprint density at radius 1 is 1.21 bits per heavy atom. The molecule has 0 aliphatic carbocycles. The third kappa shape index (κ3) is 7.07. The first kappa shape index (κ1) is 23.8. The number of ether oxygens (including phenoxy) is 1. The molecule has 2 heterocycles. The first-order valence-corrected chi connectivity index (χ1v) is 11.4. The van der Waals surface area contributed by atoms with Crippen molar-refractivity contribution in [1.29, 1.82) is 0 Å². The van der Waals surface area contributed by atoms with E-state index in [-0.39, 0.29) is 29.5 Å². The fourth-order valence-corrected chi connectivity index (χ4v) is 5.29. The molecule has 1 aromatic rings. The fraction of sp³-hybridized carbons (Fsp3) is 0.667. The number of aryl methyl sites for hydroxylation is 1. The molecule has 0 aromatic heterocycles. The number of halogens is 1. The van der Waals surface area contributed by atoms with Crippen molar-refractivity contribution < 1.29 is 4.74 Å². The van der Waals surface area contributed by atoms with Gasteiger partial charge in [-0.3, -0.25) is 9.89 Å². The second kappa shape index (κ2) is 12.9. The Balaban J connectivity index is 0.00000280. The van der Waals surface area contributed by atoms with Gasteiger partial charge in [-0.25, -0.2) is 0 Å². The number of aliphatic imine (C=N–C) groups is 1. The molecular weight excluding hydrogens is 483 g/mol. The highest BCUT2D eigenvalue weighted by Gasteiger charge is 2.40. The molecule has 2 saturated heterocycles. The van der Waals surface area contributed by atoms with Gasteiger partial charge < -0.3 is 15.4 Å². The normalized spacial score (nSPS) is 23.2. The quantitative estimate of drug-likeness (QED) is 0.240. The van der Waals surface area contributed by atoms with Gasteiger partial charge in [0.05, 0.1) is 25.3 Å². The first-order chi connectivity index (χ1) is 13.3. The van der Waals surface area contributed by atoms with Gasteiger partial charge in [0.2, 0.25) is 0 Å². The van der Waals surface area contributed by atoms with Crippen LogP contribution in [0.4, 0.5) is 0 Å². The van der Waals surface area contributed by atoms with Crippen LogP contribution in [-0.2, 0) is 11.2 Å². The van der Waals surface area contributed by atoms with Crippen LogP contribution in [0, 0.1) is 0 Å². The molecule has 0 radical (unpaired) electrons. The number of hydrogen-bond acceptors (Lipinski definition) is 4. The van der Waals surface area contributed by atoms with E-state index in [9.17, 15) is 0 Å². The lowest BCUT2D eigenvalue weighted by Crippen LogP contribution is -2.56. The molecule has 0 saturated carbocycles. The number of rotatable bonds is 8. The summed E-state index contributed by atoms with van der Waals surface area (Å²) in [7, 11) is 0. The van der Waals surface area contributed by atoms with Crippen LogP contribution >= 0.6 is 35.7 Å². The standard InChI is InChI=1S/C21H34N4OS.HI/c1-2-22-20(23-11-6-9-19-7-4-3-5-8-19)24-17-21(10-16-27-18-21)25-12-14-26-15-13-25;/h3-5,7-8H,2,6,9-18H2,1H3,(H2,22,23,24);1H. The third-order valence-corrected chi connectivity index (χ3v) is 6.65. The summed E-state index contributed by atoms with van der Waals surface area (Å²) in [5, 5.41) is 6.94. The van der Waals surface area contributed by atoms with Crippen molar-refractivity contribution in [2.75, 3.05) is 57.4 Å². The molecule has 2 aliphatic rings. The SMILES string of the molecule is CCNC(=NCC1(N2CCOCC2)CCSC1)NCCCc1ccccc1.I. The van der Waals surface area contributed by atoms with E-state index in [4.69, 9.17) is 9.73 Å². The Morgan fingerprint density at radius 3 is 2.68 bits per heavy atom. The zero-order valence-electron chi connectivity index (χ0n) is 17.0. The second-order valence-corrected chi connectivity index (χ2v) is 8.44. The van der Waals surface area contributed by atoms with Gasteiger partial charge in [-0.05, 0) is 37.5 Å². The molecule has 7 heteroatoms. The van der Waals surface area contributed by atoms with E-state index in [1.54, 1.807) is 0 Å². The lowest BCUT2D eigenvalue weighted by atomic mass is 9.96. The summed E-state index contributed by atoms with van der Waals surface area (Å²) in [6.07, 6.45) is 3.44. The van der Waals surface area contributed by atoms with Gasteiger partial charge in [0.25, 0.3) is 0 Å². The van der Waals surface area contributed by atoms with Crippen molar-refractivity contribution in [3.8, 4) is 0 Å². The number of benzene rings is 1. The molecular formula is C21H35IN4OS. The maximum Gasteiger partial charge on any atom is 0.191 e. The molecule has 3 rings (SSSR count). The average Bonchev–Trinajstić information content (AvgIpc) is 3.21. The Kier molecular flexibility index (Phi) is 11.0. The van der Waals surface area contributed by atoms with Crippen molar-refractivity contribution in [3.63, 3.8) is 0 Å². The molecule has 158 valence electrons. The van der Waals surface area contributed by atoms with Crippen LogP contribution < -0.4 is 10.6 Å². The minimum absolute atomic E-state index is 0. The van der Waals surface area contributed by atoms with Gasteiger partial charge in [-0.15, -0.1) is 24.0 Å². The van der Waals surface area contributed by atoms with Crippen LogP contribution in [0.5, 0.6) is 0 Å². The average molecular weight is 519 g/mol. The van der Waals surface area contributed by atoms with Crippen LogP contribution in [0.1, 0.15) is 25.3 Å². The van der Waals surface area contributed by atoms with Crippen molar-refractivity contribution in [3.05, 3.63) is 35.9 Å². The predicted octanol–water partition coefficient (Wildman–Crippen LogP) is 3.00. The van der Waals surface area contributed by atoms with Gasteiger partial charge >= 0.3 is 0 Å².